The zero-order valence-electron chi connectivity index (χ0n) is 14.3. The fraction of sp³-hybridized carbons (Fsp3) is 0.278. The molecule has 0 radical (unpaired) electrons. The Bertz CT molecular complexity index is 976. The number of anilines is 2. The van der Waals surface area contributed by atoms with Crippen LogP contribution in [0.4, 0.5) is 11.4 Å². The Morgan fingerprint density at radius 3 is 2.62 bits per heavy atom. The Hall–Kier alpha value is -1.76. The smallest absolute Gasteiger partial charge is 0.255 e. The Kier molecular flexibility index (Phi) is 5.19. The van der Waals surface area contributed by atoms with E-state index < -0.39 is 10.0 Å². The predicted octanol–water partition coefficient (Wildman–Crippen LogP) is 4.35. The third kappa shape index (κ3) is 3.54. The number of fused-ring (bicyclic) bond motifs is 1. The molecule has 3 rings (SSSR count). The zero-order valence-corrected chi connectivity index (χ0v) is 16.6. The number of nitrogens with one attached hydrogen (secondary N) is 1. The highest BCUT2D eigenvalue weighted by Gasteiger charge is 2.34. The molecule has 0 saturated carbocycles. The maximum Gasteiger partial charge on any atom is 0.255 e. The highest BCUT2D eigenvalue weighted by atomic mass is 35.5. The van der Waals surface area contributed by atoms with Crippen molar-refractivity contribution in [2.45, 2.75) is 26.3 Å². The first kappa shape index (κ1) is 19.0. The normalized spacial score (nSPS) is 16.5. The molecule has 0 aliphatic carbocycles. The van der Waals surface area contributed by atoms with Crippen LogP contribution < -0.4 is 9.62 Å². The molecule has 1 N–H and O–H groups in total. The van der Waals surface area contributed by atoms with Gasteiger partial charge in [0, 0.05) is 16.6 Å². The van der Waals surface area contributed by atoms with Crippen molar-refractivity contribution in [1.29, 1.82) is 0 Å². The maximum atomic E-state index is 12.5. The number of benzene rings is 2. The van der Waals surface area contributed by atoms with Crippen LogP contribution in [0.25, 0.3) is 0 Å². The highest BCUT2D eigenvalue weighted by molar-refractivity contribution is 7.92. The van der Waals surface area contributed by atoms with Crippen LogP contribution in [0.1, 0.15) is 29.8 Å². The van der Waals surface area contributed by atoms with Crippen LogP contribution in [0.3, 0.4) is 0 Å². The van der Waals surface area contributed by atoms with Gasteiger partial charge in [-0.05, 0) is 62.2 Å². The summed E-state index contributed by atoms with van der Waals surface area (Å²) >= 11 is 11.9. The van der Waals surface area contributed by atoms with Gasteiger partial charge in [0.1, 0.15) is 0 Å². The summed E-state index contributed by atoms with van der Waals surface area (Å²) in [5.41, 5.74) is 2.38. The fourth-order valence-electron chi connectivity index (χ4n) is 3.09. The molecular weight excluding hydrogens is 395 g/mol. The average molecular weight is 413 g/mol. The van der Waals surface area contributed by atoms with Crippen molar-refractivity contribution < 1.29 is 13.2 Å². The van der Waals surface area contributed by atoms with Crippen molar-refractivity contribution in [3.05, 3.63) is 57.6 Å². The molecule has 0 unspecified atom stereocenters. The number of nitrogens with zero attached hydrogens (tertiary/aromatic N) is 1. The van der Waals surface area contributed by atoms with Gasteiger partial charge in [-0.2, -0.15) is 0 Å². The van der Waals surface area contributed by atoms with Crippen molar-refractivity contribution >= 4 is 50.5 Å². The number of carbonyl (C=O) groups excluding carboxylic acids is 1. The van der Waals surface area contributed by atoms with Gasteiger partial charge in [-0.3, -0.25) is 9.10 Å². The Labute approximate surface area is 163 Å². The van der Waals surface area contributed by atoms with Crippen molar-refractivity contribution in [1.82, 2.24) is 0 Å². The molecule has 2 aromatic rings. The van der Waals surface area contributed by atoms with Crippen molar-refractivity contribution in [3.63, 3.8) is 0 Å². The number of sulfonamides is 1. The predicted molar refractivity (Wildman–Crippen MR) is 106 cm³/mol. The van der Waals surface area contributed by atoms with Gasteiger partial charge >= 0.3 is 0 Å². The van der Waals surface area contributed by atoms with E-state index >= 15 is 0 Å². The van der Waals surface area contributed by atoms with E-state index in [1.54, 1.807) is 43.3 Å². The molecule has 1 atom stereocenters. The molecule has 0 aromatic heterocycles. The van der Waals surface area contributed by atoms with Gasteiger partial charge < -0.3 is 5.32 Å². The van der Waals surface area contributed by atoms with Crippen molar-refractivity contribution in [2.24, 2.45) is 0 Å². The first-order chi connectivity index (χ1) is 12.2. The molecule has 1 amide bonds. The van der Waals surface area contributed by atoms with Gasteiger partial charge in [0.25, 0.3) is 5.91 Å². The second kappa shape index (κ2) is 7.10. The Balaban J connectivity index is 1.88. The number of amides is 1. The minimum absolute atomic E-state index is 0.0358. The van der Waals surface area contributed by atoms with Gasteiger partial charge in [0.15, 0.2) is 0 Å². The largest absolute Gasteiger partial charge is 0.321 e. The monoisotopic (exact) mass is 412 g/mol. The minimum Gasteiger partial charge on any atom is -0.321 e. The number of hydrogen-bond acceptors (Lipinski definition) is 3. The summed E-state index contributed by atoms with van der Waals surface area (Å²) in [7, 11) is -3.35. The molecular formula is C18H18Cl2N2O3S. The van der Waals surface area contributed by atoms with E-state index in [2.05, 4.69) is 5.32 Å². The van der Waals surface area contributed by atoms with Gasteiger partial charge in [0.2, 0.25) is 10.0 Å². The highest BCUT2D eigenvalue weighted by Crippen LogP contribution is 2.35. The standard InChI is InChI=1S/C18H18Cl2N2O3S/c1-3-26(24,25)22-11(2)8-13-9-12(4-7-17(13)22)18(23)21-16-6-5-14(19)10-15(16)20/h4-7,9-11H,3,8H2,1-2H3,(H,21,23)/t11-/m1/s1. The number of hydrogen-bond donors (Lipinski definition) is 1. The van der Waals surface area contributed by atoms with E-state index in [1.807, 2.05) is 6.92 Å². The molecule has 5 nitrogen and oxygen atoms in total. The summed E-state index contributed by atoms with van der Waals surface area (Å²) < 4.78 is 26.1. The molecule has 26 heavy (non-hydrogen) atoms. The van der Waals surface area contributed by atoms with E-state index in [0.717, 1.165) is 5.56 Å². The van der Waals surface area contributed by atoms with Gasteiger partial charge in [-0.1, -0.05) is 23.2 Å². The third-order valence-electron chi connectivity index (χ3n) is 4.34. The minimum atomic E-state index is -3.35. The van der Waals surface area contributed by atoms with Crippen LogP contribution in [0.5, 0.6) is 0 Å². The summed E-state index contributed by atoms with van der Waals surface area (Å²) in [6.45, 7) is 3.48. The lowest BCUT2D eigenvalue weighted by molar-refractivity contribution is 0.102. The molecule has 0 fully saturated rings. The second-order valence-electron chi connectivity index (χ2n) is 6.17. The summed E-state index contributed by atoms with van der Waals surface area (Å²) in [6, 6.07) is 9.69. The maximum absolute atomic E-state index is 12.5. The van der Waals surface area contributed by atoms with Crippen LogP contribution in [0.2, 0.25) is 10.0 Å². The average Bonchev–Trinajstić information content (AvgIpc) is 2.92. The van der Waals surface area contributed by atoms with E-state index in [1.165, 1.54) is 4.31 Å². The van der Waals surface area contributed by atoms with Crippen LogP contribution >= 0.6 is 23.2 Å². The summed E-state index contributed by atoms with van der Waals surface area (Å²) in [6.07, 6.45) is 0.567. The van der Waals surface area contributed by atoms with Gasteiger partial charge in [0.05, 0.1) is 22.2 Å². The molecule has 1 aliphatic rings. The van der Waals surface area contributed by atoms with E-state index in [-0.39, 0.29) is 17.7 Å². The molecule has 8 heteroatoms. The van der Waals surface area contributed by atoms with Gasteiger partial charge in [-0.25, -0.2) is 8.42 Å². The van der Waals surface area contributed by atoms with Crippen LogP contribution in [-0.2, 0) is 16.4 Å². The Morgan fingerprint density at radius 2 is 1.96 bits per heavy atom. The first-order valence-corrected chi connectivity index (χ1v) is 10.5. The number of rotatable bonds is 4. The first-order valence-electron chi connectivity index (χ1n) is 8.14. The van der Waals surface area contributed by atoms with Crippen molar-refractivity contribution in [3.8, 4) is 0 Å². The van der Waals surface area contributed by atoms with Crippen LogP contribution in [0, 0.1) is 0 Å². The van der Waals surface area contributed by atoms with E-state index in [0.29, 0.717) is 33.4 Å². The number of halogens is 2. The molecule has 138 valence electrons. The molecule has 1 heterocycles. The van der Waals surface area contributed by atoms with E-state index in [4.69, 9.17) is 23.2 Å². The summed E-state index contributed by atoms with van der Waals surface area (Å²) in [5.74, 6) is -0.282. The second-order valence-corrected chi connectivity index (χ2v) is 9.15. The molecule has 0 saturated heterocycles. The number of carbonyl (C=O) groups is 1. The molecule has 2 aromatic carbocycles. The lowest BCUT2D eigenvalue weighted by atomic mass is 10.1. The van der Waals surface area contributed by atoms with Crippen LogP contribution in [-0.4, -0.2) is 26.1 Å². The summed E-state index contributed by atoms with van der Waals surface area (Å²) in [5, 5.41) is 3.58. The summed E-state index contributed by atoms with van der Waals surface area (Å²) in [4.78, 5) is 12.5. The van der Waals surface area contributed by atoms with Gasteiger partial charge in [-0.15, -0.1) is 0 Å². The van der Waals surface area contributed by atoms with Crippen molar-refractivity contribution in [2.75, 3.05) is 15.4 Å². The molecule has 0 bridgehead atoms. The topological polar surface area (TPSA) is 66.5 Å². The van der Waals surface area contributed by atoms with Crippen LogP contribution in [0.15, 0.2) is 36.4 Å². The lowest BCUT2D eigenvalue weighted by Gasteiger charge is -2.23. The quantitative estimate of drug-likeness (QED) is 0.811. The zero-order chi connectivity index (χ0) is 19.1. The lowest BCUT2D eigenvalue weighted by Crippen LogP contribution is -2.36. The molecule has 0 spiro atoms. The fourth-order valence-corrected chi connectivity index (χ4v) is 4.93. The molecule has 1 aliphatic heterocycles. The Morgan fingerprint density at radius 1 is 1.23 bits per heavy atom. The van der Waals surface area contributed by atoms with E-state index in [9.17, 15) is 13.2 Å². The SMILES string of the molecule is CCS(=O)(=O)N1c2ccc(C(=O)Nc3ccc(Cl)cc3Cl)cc2C[C@H]1C. The third-order valence-corrected chi connectivity index (χ3v) is 6.77.